The molecule has 3 aromatic carbocycles. The number of nitrogens with zero attached hydrogens (tertiary/aromatic N) is 2. The molecule has 4 rings (SSSR count). The second kappa shape index (κ2) is 13.4. The van der Waals surface area contributed by atoms with Crippen LogP contribution in [0.3, 0.4) is 0 Å². The lowest BCUT2D eigenvalue weighted by atomic mass is 9.94. The van der Waals surface area contributed by atoms with Crippen molar-refractivity contribution in [2.45, 2.75) is 57.7 Å². The van der Waals surface area contributed by atoms with Crippen molar-refractivity contribution >= 4 is 34.4 Å². The molecular weight excluding hydrogens is 523 g/mol. The highest BCUT2D eigenvalue weighted by molar-refractivity contribution is 5.93. The van der Waals surface area contributed by atoms with E-state index in [0.717, 1.165) is 16.3 Å². The van der Waals surface area contributed by atoms with Crippen LogP contribution in [0.25, 0.3) is 10.8 Å². The minimum atomic E-state index is -0.904. The normalized spacial score (nSPS) is 16.8. The van der Waals surface area contributed by atoms with E-state index in [9.17, 15) is 23.6 Å². The first-order chi connectivity index (χ1) is 19.7. The van der Waals surface area contributed by atoms with E-state index in [1.54, 1.807) is 29.0 Å². The van der Waals surface area contributed by atoms with Gasteiger partial charge in [-0.25, -0.2) is 4.39 Å². The molecule has 3 unspecified atom stereocenters. The van der Waals surface area contributed by atoms with Crippen molar-refractivity contribution in [3.8, 4) is 0 Å². The minimum Gasteiger partial charge on any atom is -0.359 e. The maximum Gasteiger partial charge on any atom is 0.246 e. The summed E-state index contributed by atoms with van der Waals surface area (Å²) >= 11 is 0. The molecule has 0 aliphatic carbocycles. The second-order valence-electron chi connectivity index (χ2n) is 10.5. The molecule has 9 heteroatoms. The quantitative estimate of drug-likeness (QED) is 0.395. The molecule has 0 aromatic heterocycles. The van der Waals surface area contributed by atoms with Gasteiger partial charge in [0.05, 0.1) is 12.5 Å². The van der Waals surface area contributed by atoms with Crippen LogP contribution in [0.1, 0.15) is 50.3 Å². The Bertz CT molecular complexity index is 1410. The lowest BCUT2D eigenvalue weighted by Gasteiger charge is -2.45. The summed E-state index contributed by atoms with van der Waals surface area (Å²) < 4.78 is 13.5. The first kappa shape index (κ1) is 29.7. The number of halogens is 1. The van der Waals surface area contributed by atoms with Crippen molar-refractivity contribution < 1.29 is 23.6 Å². The zero-order valence-corrected chi connectivity index (χ0v) is 23.7. The molecule has 4 amide bonds. The van der Waals surface area contributed by atoms with E-state index >= 15 is 0 Å². The molecule has 2 N–H and O–H groups in total. The molecule has 8 nitrogen and oxygen atoms in total. The smallest absolute Gasteiger partial charge is 0.246 e. The fourth-order valence-electron chi connectivity index (χ4n) is 5.53. The zero-order chi connectivity index (χ0) is 29.5. The summed E-state index contributed by atoms with van der Waals surface area (Å²) in [6, 6.07) is 17.5. The third-order valence-electron chi connectivity index (χ3n) is 7.59. The molecule has 0 bridgehead atoms. The molecule has 41 heavy (non-hydrogen) atoms. The summed E-state index contributed by atoms with van der Waals surface area (Å²) in [4.78, 5) is 55.8. The lowest BCUT2D eigenvalue weighted by molar-refractivity contribution is -0.156. The number of amides is 4. The summed E-state index contributed by atoms with van der Waals surface area (Å²) in [5, 5.41) is 7.47. The van der Waals surface area contributed by atoms with Gasteiger partial charge in [0, 0.05) is 33.5 Å². The number of piperazine rings is 1. The number of nitrogens with one attached hydrogen (secondary N) is 2. The van der Waals surface area contributed by atoms with Crippen molar-refractivity contribution in [3.63, 3.8) is 0 Å². The van der Waals surface area contributed by atoms with Crippen molar-refractivity contribution in [2.75, 3.05) is 20.1 Å². The number of benzene rings is 3. The Kier molecular flexibility index (Phi) is 9.70. The molecule has 3 aromatic rings. The Labute approximate surface area is 239 Å². The van der Waals surface area contributed by atoms with Gasteiger partial charge in [0.1, 0.15) is 17.9 Å². The predicted octanol–water partition coefficient (Wildman–Crippen LogP) is 3.74. The molecule has 0 saturated carbocycles. The lowest BCUT2D eigenvalue weighted by Crippen LogP contribution is -2.62. The molecule has 216 valence electrons. The second-order valence-corrected chi connectivity index (χ2v) is 10.5. The van der Waals surface area contributed by atoms with Crippen LogP contribution in [0.2, 0.25) is 0 Å². The summed E-state index contributed by atoms with van der Waals surface area (Å²) in [6.07, 6.45) is 1.36. The number of hydrogen-bond donors (Lipinski definition) is 2. The van der Waals surface area contributed by atoms with Gasteiger partial charge in [-0.15, -0.1) is 0 Å². The summed E-state index contributed by atoms with van der Waals surface area (Å²) in [5.41, 5.74) is 1.54. The molecule has 0 spiro atoms. The average Bonchev–Trinajstić information content (AvgIpc) is 2.97. The van der Waals surface area contributed by atoms with Crippen LogP contribution < -0.4 is 10.6 Å². The number of hydrogen-bond acceptors (Lipinski definition) is 4. The average molecular weight is 561 g/mol. The zero-order valence-electron chi connectivity index (χ0n) is 23.7. The van der Waals surface area contributed by atoms with Gasteiger partial charge in [-0.1, -0.05) is 61.9 Å². The monoisotopic (exact) mass is 560 g/mol. The highest BCUT2D eigenvalue weighted by Crippen LogP contribution is 2.31. The summed E-state index contributed by atoms with van der Waals surface area (Å²) in [5.74, 6) is -1.53. The first-order valence-electron chi connectivity index (χ1n) is 14.0. The van der Waals surface area contributed by atoms with Crippen LogP contribution in [0.15, 0.2) is 66.7 Å². The van der Waals surface area contributed by atoms with E-state index in [1.165, 1.54) is 19.1 Å². The van der Waals surface area contributed by atoms with Gasteiger partial charge in [0.2, 0.25) is 23.6 Å². The topological polar surface area (TPSA) is 98.8 Å². The predicted molar refractivity (Wildman–Crippen MR) is 155 cm³/mol. The SMILES string of the molecule is CCCC1C(=O)N(C(CC(=O)NC)c2ccc3ccccc3c2)CCN1C(=O)C(Cc1ccc(F)cc1)NC(C)=O. The Morgan fingerprint density at radius 2 is 1.71 bits per heavy atom. The molecule has 3 atom stereocenters. The standard InChI is InChI=1S/C32H37FN4O4/c1-4-7-28-32(41)37(29(20-30(39)34-3)25-13-12-23-8-5-6-9-24(23)19-25)17-16-36(28)31(40)27(35-21(2)38)18-22-10-14-26(33)15-11-22/h5-6,8-15,19,27-29H,4,7,16-18,20H2,1-3H3,(H,34,39)(H,35,38). The summed E-state index contributed by atoms with van der Waals surface area (Å²) in [6.45, 7) is 3.78. The highest BCUT2D eigenvalue weighted by Gasteiger charge is 2.42. The van der Waals surface area contributed by atoms with Crippen molar-refractivity contribution in [1.29, 1.82) is 0 Å². The maximum absolute atomic E-state index is 14.1. The number of carbonyl (C=O) groups excluding carboxylic acids is 4. The van der Waals surface area contributed by atoms with Gasteiger partial charge < -0.3 is 20.4 Å². The van der Waals surface area contributed by atoms with Crippen LogP contribution in [0.4, 0.5) is 4.39 Å². The fourth-order valence-corrected chi connectivity index (χ4v) is 5.53. The van der Waals surface area contributed by atoms with Crippen molar-refractivity contribution in [2.24, 2.45) is 0 Å². The highest BCUT2D eigenvalue weighted by atomic mass is 19.1. The maximum atomic E-state index is 14.1. The largest absolute Gasteiger partial charge is 0.359 e. The van der Waals surface area contributed by atoms with Gasteiger partial charge in [0.25, 0.3) is 0 Å². The third kappa shape index (κ3) is 7.09. The fraction of sp³-hybridized carbons (Fsp3) is 0.375. The first-order valence-corrected chi connectivity index (χ1v) is 14.0. The summed E-state index contributed by atoms with van der Waals surface area (Å²) in [7, 11) is 1.57. The Hall–Kier alpha value is -4.27. The van der Waals surface area contributed by atoms with Gasteiger partial charge in [-0.05, 0) is 46.5 Å². The molecule has 1 fully saturated rings. The van der Waals surface area contributed by atoms with Crippen LogP contribution >= 0.6 is 0 Å². The molecule has 0 radical (unpaired) electrons. The molecular formula is C32H37FN4O4. The van der Waals surface area contributed by atoms with Gasteiger partial charge >= 0.3 is 0 Å². The van der Waals surface area contributed by atoms with E-state index < -0.39 is 23.9 Å². The van der Waals surface area contributed by atoms with Crippen LogP contribution in [-0.4, -0.2) is 65.6 Å². The van der Waals surface area contributed by atoms with Crippen LogP contribution in [0.5, 0.6) is 0 Å². The Morgan fingerprint density at radius 1 is 1.00 bits per heavy atom. The van der Waals surface area contributed by atoms with Crippen molar-refractivity contribution in [1.82, 2.24) is 20.4 Å². The third-order valence-corrected chi connectivity index (χ3v) is 7.59. The Balaban J connectivity index is 1.63. The van der Waals surface area contributed by atoms with E-state index in [4.69, 9.17) is 0 Å². The number of fused-ring (bicyclic) bond motifs is 1. The molecule has 1 saturated heterocycles. The van der Waals surface area contributed by atoms with Crippen molar-refractivity contribution in [3.05, 3.63) is 83.7 Å². The molecule has 1 aliphatic rings. The van der Waals surface area contributed by atoms with Gasteiger partial charge in [0.15, 0.2) is 0 Å². The number of rotatable bonds is 10. The number of carbonyl (C=O) groups is 4. The van der Waals surface area contributed by atoms with E-state index in [1.807, 2.05) is 49.4 Å². The van der Waals surface area contributed by atoms with Crippen LogP contribution in [-0.2, 0) is 25.6 Å². The molecule has 1 heterocycles. The Morgan fingerprint density at radius 3 is 2.37 bits per heavy atom. The molecule has 1 aliphatic heterocycles. The van der Waals surface area contributed by atoms with Crippen LogP contribution in [0, 0.1) is 5.82 Å². The van der Waals surface area contributed by atoms with Gasteiger partial charge in [-0.3, -0.25) is 19.2 Å². The van der Waals surface area contributed by atoms with Gasteiger partial charge in [-0.2, -0.15) is 0 Å². The van der Waals surface area contributed by atoms with E-state index in [-0.39, 0.29) is 49.6 Å². The van der Waals surface area contributed by atoms with E-state index in [0.29, 0.717) is 18.4 Å². The van der Waals surface area contributed by atoms with E-state index in [2.05, 4.69) is 10.6 Å². The minimum absolute atomic E-state index is 0.0897.